The summed E-state index contributed by atoms with van der Waals surface area (Å²) in [7, 11) is -3.61. The second-order valence-corrected chi connectivity index (χ2v) is 11.0. The number of amides is 1. The van der Waals surface area contributed by atoms with Crippen LogP contribution in [0.15, 0.2) is 42.5 Å². The van der Waals surface area contributed by atoms with Gasteiger partial charge in [-0.3, -0.25) is 9.10 Å². The van der Waals surface area contributed by atoms with E-state index < -0.39 is 16.1 Å². The number of carbonyl (C=O) groups is 1. The molecule has 0 aliphatic carbocycles. The van der Waals surface area contributed by atoms with Crippen molar-refractivity contribution >= 4 is 33.2 Å². The Bertz CT molecular complexity index is 1050. The molecule has 1 aliphatic rings. The molecule has 0 fully saturated rings. The van der Waals surface area contributed by atoms with Gasteiger partial charge in [-0.25, -0.2) is 8.42 Å². The summed E-state index contributed by atoms with van der Waals surface area (Å²) in [5.41, 5.74) is 2.55. The number of sulfonamides is 1. The normalized spacial score (nSPS) is 17.7. The zero-order chi connectivity index (χ0) is 22.3. The predicted octanol–water partition coefficient (Wildman–Crippen LogP) is 4.04. The van der Waals surface area contributed by atoms with Crippen molar-refractivity contribution in [2.75, 3.05) is 17.1 Å². The number of halogens is 1. The predicted molar refractivity (Wildman–Crippen MR) is 120 cm³/mol. The minimum atomic E-state index is -3.61. The van der Waals surface area contributed by atoms with Crippen molar-refractivity contribution in [2.45, 2.75) is 45.3 Å². The van der Waals surface area contributed by atoms with Gasteiger partial charge in [-0.2, -0.15) is 0 Å². The summed E-state index contributed by atoms with van der Waals surface area (Å²) < 4.78 is 31.5. The van der Waals surface area contributed by atoms with Crippen LogP contribution < -0.4 is 14.4 Å². The molecule has 0 saturated carbocycles. The van der Waals surface area contributed by atoms with Crippen LogP contribution in [-0.4, -0.2) is 33.2 Å². The van der Waals surface area contributed by atoms with Gasteiger partial charge in [0.25, 0.3) is 5.91 Å². The van der Waals surface area contributed by atoms with E-state index in [0.29, 0.717) is 16.5 Å². The minimum Gasteiger partial charge on any atom is -0.476 e. The topological polar surface area (TPSA) is 75.7 Å². The van der Waals surface area contributed by atoms with Gasteiger partial charge in [-0.05, 0) is 41.7 Å². The molecule has 1 N–H and O–H groups in total. The molecule has 8 heteroatoms. The molecular formula is C22H27ClN2O4S. The van der Waals surface area contributed by atoms with E-state index in [0.717, 1.165) is 16.1 Å². The van der Waals surface area contributed by atoms with Gasteiger partial charge in [-0.1, -0.05) is 56.6 Å². The Morgan fingerprint density at radius 2 is 1.83 bits per heavy atom. The Balaban J connectivity index is 1.77. The number of carbonyl (C=O) groups excluding carboxylic acids is 1. The number of fused-ring (bicyclic) bond motifs is 1. The number of hydrogen-bond acceptors (Lipinski definition) is 4. The molecule has 2 atom stereocenters. The average Bonchev–Trinajstić information content (AvgIpc) is 2.65. The number of rotatable bonds is 4. The number of anilines is 1. The van der Waals surface area contributed by atoms with Crippen LogP contribution in [-0.2, 0) is 20.2 Å². The summed E-state index contributed by atoms with van der Waals surface area (Å²) in [6.07, 6.45) is 0.127. The highest BCUT2D eigenvalue weighted by Gasteiger charge is 2.35. The van der Waals surface area contributed by atoms with Crippen molar-refractivity contribution in [3.63, 3.8) is 0 Å². The van der Waals surface area contributed by atoms with Crippen LogP contribution in [0.5, 0.6) is 5.75 Å². The van der Waals surface area contributed by atoms with E-state index in [-0.39, 0.29) is 23.9 Å². The minimum absolute atomic E-state index is 0.0480. The summed E-state index contributed by atoms with van der Waals surface area (Å²) >= 11 is 6.01. The molecule has 0 aromatic heterocycles. The van der Waals surface area contributed by atoms with E-state index in [1.54, 1.807) is 12.1 Å². The van der Waals surface area contributed by atoms with E-state index in [9.17, 15) is 13.2 Å². The van der Waals surface area contributed by atoms with Crippen molar-refractivity contribution < 1.29 is 17.9 Å². The highest BCUT2D eigenvalue weighted by Crippen LogP contribution is 2.37. The molecule has 162 valence electrons. The van der Waals surface area contributed by atoms with Gasteiger partial charge in [0.15, 0.2) is 6.10 Å². The summed E-state index contributed by atoms with van der Waals surface area (Å²) in [5, 5.41) is 3.32. The van der Waals surface area contributed by atoms with Gasteiger partial charge in [0, 0.05) is 5.02 Å². The zero-order valence-electron chi connectivity index (χ0n) is 17.8. The van der Waals surface area contributed by atoms with E-state index in [1.807, 2.05) is 19.1 Å². The Labute approximate surface area is 183 Å². The number of hydrogen-bond donors (Lipinski definition) is 1. The van der Waals surface area contributed by atoms with Crippen LogP contribution >= 0.6 is 11.6 Å². The monoisotopic (exact) mass is 450 g/mol. The van der Waals surface area contributed by atoms with Crippen molar-refractivity contribution in [1.29, 1.82) is 0 Å². The molecule has 2 aromatic rings. The summed E-state index contributed by atoms with van der Waals surface area (Å²) in [6, 6.07) is 12.5. The highest BCUT2D eigenvalue weighted by molar-refractivity contribution is 7.92. The van der Waals surface area contributed by atoms with Crippen molar-refractivity contribution in [2.24, 2.45) is 0 Å². The Hall–Kier alpha value is -2.25. The summed E-state index contributed by atoms with van der Waals surface area (Å²) in [4.78, 5) is 12.9. The van der Waals surface area contributed by atoms with E-state index in [4.69, 9.17) is 16.3 Å². The van der Waals surface area contributed by atoms with Gasteiger partial charge < -0.3 is 10.1 Å². The molecule has 1 aliphatic heterocycles. The largest absolute Gasteiger partial charge is 0.476 e. The quantitative estimate of drug-likeness (QED) is 0.762. The second-order valence-electron chi connectivity index (χ2n) is 8.61. The fourth-order valence-corrected chi connectivity index (χ4v) is 4.41. The summed E-state index contributed by atoms with van der Waals surface area (Å²) in [6.45, 7) is 8.20. The Morgan fingerprint density at radius 3 is 2.40 bits per heavy atom. The number of benzene rings is 2. The zero-order valence-corrected chi connectivity index (χ0v) is 19.3. The molecule has 1 amide bonds. The smallest absolute Gasteiger partial charge is 0.263 e. The lowest BCUT2D eigenvalue weighted by Gasteiger charge is -2.34. The van der Waals surface area contributed by atoms with Gasteiger partial charge in [0.1, 0.15) is 5.75 Å². The second kappa shape index (κ2) is 8.12. The van der Waals surface area contributed by atoms with Gasteiger partial charge in [0.2, 0.25) is 10.0 Å². The molecule has 3 rings (SSSR count). The van der Waals surface area contributed by atoms with Crippen LogP contribution in [0.2, 0.25) is 5.02 Å². The van der Waals surface area contributed by atoms with Crippen molar-refractivity contribution in [3.8, 4) is 5.75 Å². The SMILES string of the molecule is C[C@@H](NC(=O)[C@H]1CN(S(C)(=O)=O)c2cc(Cl)ccc2O1)c1ccc(C(C)(C)C)cc1. The molecule has 2 aromatic carbocycles. The molecule has 6 nitrogen and oxygen atoms in total. The van der Waals surface area contributed by atoms with Crippen LogP contribution in [0, 0.1) is 0 Å². The highest BCUT2D eigenvalue weighted by atomic mass is 35.5. The first kappa shape index (κ1) is 22.4. The molecule has 0 bridgehead atoms. The number of nitrogens with zero attached hydrogens (tertiary/aromatic N) is 1. The van der Waals surface area contributed by atoms with Gasteiger partial charge >= 0.3 is 0 Å². The van der Waals surface area contributed by atoms with Gasteiger partial charge in [0.05, 0.1) is 24.5 Å². The Kier molecular flexibility index (Phi) is 6.07. The number of nitrogens with one attached hydrogen (secondary N) is 1. The molecule has 0 spiro atoms. The third kappa shape index (κ3) is 4.90. The lowest BCUT2D eigenvalue weighted by molar-refractivity contribution is -0.128. The molecule has 0 saturated heterocycles. The van der Waals surface area contributed by atoms with E-state index in [1.165, 1.54) is 11.6 Å². The first-order valence-electron chi connectivity index (χ1n) is 9.71. The number of ether oxygens (including phenoxy) is 1. The summed E-state index contributed by atoms with van der Waals surface area (Å²) in [5.74, 6) is -0.0740. The maximum absolute atomic E-state index is 12.9. The van der Waals surface area contributed by atoms with E-state index in [2.05, 4.69) is 38.2 Å². The third-order valence-corrected chi connectivity index (χ3v) is 6.50. The molecule has 0 unspecified atom stereocenters. The van der Waals surface area contributed by atoms with Crippen LogP contribution in [0.4, 0.5) is 5.69 Å². The van der Waals surface area contributed by atoms with Crippen LogP contribution in [0.3, 0.4) is 0 Å². The van der Waals surface area contributed by atoms with Crippen molar-refractivity contribution in [3.05, 3.63) is 58.6 Å². The lowest BCUT2D eigenvalue weighted by atomic mass is 9.86. The van der Waals surface area contributed by atoms with E-state index >= 15 is 0 Å². The molecular weight excluding hydrogens is 424 g/mol. The standard InChI is InChI=1S/C22H27ClN2O4S/c1-14(15-6-8-16(9-7-15)22(2,3)4)24-21(26)20-13-25(30(5,27)28)18-12-17(23)10-11-19(18)29-20/h6-12,14,20H,13H2,1-5H3,(H,24,26)/t14-,20-/m1/s1. The molecule has 30 heavy (non-hydrogen) atoms. The third-order valence-electron chi connectivity index (χ3n) is 5.12. The maximum Gasteiger partial charge on any atom is 0.263 e. The molecule has 1 heterocycles. The first-order chi connectivity index (χ1) is 13.9. The van der Waals surface area contributed by atoms with Crippen LogP contribution in [0.1, 0.15) is 44.9 Å². The fraction of sp³-hybridized carbons (Fsp3) is 0.409. The van der Waals surface area contributed by atoms with Crippen LogP contribution in [0.25, 0.3) is 0 Å². The lowest BCUT2D eigenvalue weighted by Crippen LogP contribution is -2.50. The molecule has 0 radical (unpaired) electrons. The Morgan fingerprint density at radius 1 is 1.20 bits per heavy atom. The fourth-order valence-electron chi connectivity index (χ4n) is 3.34. The average molecular weight is 451 g/mol. The van der Waals surface area contributed by atoms with Crippen molar-refractivity contribution in [1.82, 2.24) is 5.32 Å². The first-order valence-corrected chi connectivity index (χ1v) is 11.9. The maximum atomic E-state index is 12.9. The van der Waals surface area contributed by atoms with Gasteiger partial charge in [-0.15, -0.1) is 0 Å².